The Hall–Kier alpha value is -3.02. The van der Waals surface area contributed by atoms with Gasteiger partial charge in [0.05, 0.1) is 13.2 Å². The molecule has 2 amide bonds. The summed E-state index contributed by atoms with van der Waals surface area (Å²) < 4.78 is 11.3. The lowest BCUT2D eigenvalue weighted by atomic mass is 10.1. The maximum atomic E-state index is 13.3. The average Bonchev–Trinajstić information content (AvgIpc) is 2.80. The van der Waals surface area contributed by atoms with E-state index < -0.39 is 6.04 Å². The normalized spacial score (nSPS) is 11.5. The van der Waals surface area contributed by atoms with Gasteiger partial charge in [-0.1, -0.05) is 42.8 Å². The van der Waals surface area contributed by atoms with Gasteiger partial charge in [-0.15, -0.1) is 0 Å². The van der Waals surface area contributed by atoms with Crippen LogP contribution in [0.25, 0.3) is 0 Å². The Morgan fingerprint density at radius 1 is 0.938 bits per heavy atom. The number of benzene rings is 2. The van der Waals surface area contributed by atoms with Gasteiger partial charge in [-0.05, 0) is 56.9 Å². The standard InChI is InChI=1S/C26H36N2O4/c1-6-22(26(30)27-5)28(18-21-11-9-19(4)10-12-21)25(29)16-14-20-13-15-23(31-7-2)24(17-20)32-8-3/h9-13,15,17,22H,6-8,14,16,18H2,1-5H3,(H,27,30). The fourth-order valence-electron chi connectivity index (χ4n) is 3.62. The number of rotatable bonds is 12. The summed E-state index contributed by atoms with van der Waals surface area (Å²) in [5.74, 6) is 1.20. The highest BCUT2D eigenvalue weighted by Crippen LogP contribution is 2.29. The SMILES string of the molecule is CCOc1ccc(CCC(=O)N(Cc2ccc(C)cc2)C(CC)C(=O)NC)cc1OCC. The molecule has 1 atom stereocenters. The molecule has 1 N–H and O–H groups in total. The molecular formula is C26H36N2O4. The average molecular weight is 441 g/mol. The largest absolute Gasteiger partial charge is 0.490 e. The Bertz CT molecular complexity index is 880. The van der Waals surface area contributed by atoms with Gasteiger partial charge >= 0.3 is 0 Å². The van der Waals surface area contributed by atoms with Gasteiger partial charge in [-0.25, -0.2) is 0 Å². The van der Waals surface area contributed by atoms with Crippen LogP contribution in [-0.4, -0.2) is 43.0 Å². The topological polar surface area (TPSA) is 67.9 Å². The van der Waals surface area contributed by atoms with Crippen molar-refractivity contribution in [2.75, 3.05) is 20.3 Å². The number of carbonyl (C=O) groups excluding carboxylic acids is 2. The van der Waals surface area contributed by atoms with Crippen LogP contribution in [0, 0.1) is 6.92 Å². The van der Waals surface area contributed by atoms with Gasteiger partial charge in [-0.2, -0.15) is 0 Å². The Kier molecular flexibility index (Phi) is 10.1. The summed E-state index contributed by atoms with van der Waals surface area (Å²) in [6, 6.07) is 13.3. The molecule has 0 aliphatic heterocycles. The van der Waals surface area contributed by atoms with Crippen LogP contribution < -0.4 is 14.8 Å². The molecule has 0 saturated heterocycles. The minimum absolute atomic E-state index is 0.0483. The molecule has 0 bridgehead atoms. The molecule has 0 saturated carbocycles. The van der Waals surface area contributed by atoms with E-state index in [2.05, 4.69) is 5.32 Å². The van der Waals surface area contributed by atoms with Crippen LogP contribution in [0.4, 0.5) is 0 Å². The van der Waals surface area contributed by atoms with Gasteiger partial charge in [-0.3, -0.25) is 9.59 Å². The Morgan fingerprint density at radius 3 is 2.16 bits per heavy atom. The van der Waals surface area contributed by atoms with Crippen molar-refractivity contribution in [3.8, 4) is 11.5 Å². The molecule has 0 aliphatic rings. The quantitative estimate of drug-likeness (QED) is 0.535. The highest BCUT2D eigenvalue weighted by molar-refractivity contribution is 5.87. The lowest BCUT2D eigenvalue weighted by Crippen LogP contribution is -2.48. The summed E-state index contributed by atoms with van der Waals surface area (Å²) in [4.78, 5) is 27.5. The van der Waals surface area contributed by atoms with Crippen molar-refractivity contribution < 1.29 is 19.1 Å². The highest BCUT2D eigenvalue weighted by Gasteiger charge is 2.27. The van der Waals surface area contributed by atoms with E-state index in [4.69, 9.17) is 9.47 Å². The van der Waals surface area contributed by atoms with Gasteiger partial charge in [0.1, 0.15) is 6.04 Å². The van der Waals surface area contributed by atoms with E-state index in [-0.39, 0.29) is 11.8 Å². The summed E-state index contributed by atoms with van der Waals surface area (Å²) in [6.07, 6.45) is 1.41. The third-order valence-corrected chi connectivity index (χ3v) is 5.34. The summed E-state index contributed by atoms with van der Waals surface area (Å²) in [7, 11) is 1.61. The summed E-state index contributed by atoms with van der Waals surface area (Å²) in [6.45, 7) is 9.31. The molecule has 6 heteroatoms. The summed E-state index contributed by atoms with van der Waals surface area (Å²) in [5.41, 5.74) is 3.16. The first-order valence-corrected chi connectivity index (χ1v) is 11.4. The molecule has 0 fully saturated rings. The molecule has 0 aromatic heterocycles. The van der Waals surface area contributed by atoms with Crippen molar-refractivity contribution in [3.05, 3.63) is 59.2 Å². The van der Waals surface area contributed by atoms with Gasteiger partial charge < -0.3 is 19.7 Å². The minimum Gasteiger partial charge on any atom is -0.490 e. The van der Waals surface area contributed by atoms with E-state index in [1.54, 1.807) is 11.9 Å². The molecule has 0 aliphatic carbocycles. The molecule has 6 nitrogen and oxygen atoms in total. The number of carbonyl (C=O) groups is 2. The van der Waals surface area contributed by atoms with Crippen LogP contribution in [0.3, 0.4) is 0 Å². The molecule has 2 aromatic carbocycles. The van der Waals surface area contributed by atoms with Crippen LogP contribution in [-0.2, 0) is 22.6 Å². The third kappa shape index (κ3) is 7.01. The number of ether oxygens (including phenoxy) is 2. The zero-order valence-corrected chi connectivity index (χ0v) is 19.9. The molecule has 32 heavy (non-hydrogen) atoms. The molecule has 174 valence electrons. The predicted molar refractivity (Wildman–Crippen MR) is 127 cm³/mol. The van der Waals surface area contributed by atoms with Crippen molar-refractivity contribution in [3.63, 3.8) is 0 Å². The fraction of sp³-hybridized carbons (Fsp3) is 0.462. The predicted octanol–water partition coefficient (Wildman–Crippen LogP) is 4.28. The van der Waals surface area contributed by atoms with E-state index in [0.717, 1.165) is 16.7 Å². The van der Waals surface area contributed by atoms with Crippen molar-refractivity contribution >= 4 is 11.8 Å². The molecular weight excluding hydrogens is 404 g/mol. The lowest BCUT2D eigenvalue weighted by Gasteiger charge is -2.30. The lowest BCUT2D eigenvalue weighted by molar-refractivity contribution is -0.141. The molecule has 0 radical (unpaired) electrons. The summed E-state index contributed by atoms with van der Waals surface area (Å²) in [5, 5.41) is 2.70. The molecule has 1 unspecified atom stereocenters. The zero-order valence-electron chi connectivity index (χ0n) is 19.9. The first-order chi connectivity index (χ1) is 15.4. The van der Waals surface area contributed by atoms with Gasteiger partial charge in [0.25, 0.3) is 0 Å². The van der Waals surface area contributed by atoms with E-state index in [1.165, 1.54) is 0 Å². The molecule has 0 spiro atoms. The van der Waals surface area contributed by atoms with Gasteiger partial charge in [0.15, 0.2) is 11.5 Å². The van der Waals surface area contributed by atoms with Crippen molar-refractivity contribution in [2.45, 2.75) is 59.5 Å². The number of nitrogens with one attached hydrogen (secondary N) is 1. The molecule has 2 rings (SSSR count). The second kappa shape index (κ2) is 12.7. The monoisotopic (exact) mass is 440 g/mol. The van der Waals surface area contributed by atoms with Crippen LogP contribution in [0.5, 0.6) is 11.5 Å². The van der Waals surface area contributed by atoms with E-state index in [9.17, 15) is 9.59 Å². The van der Waals surface area contributed by atoms with Crippen LogP contribution in [0.15, 0.2) is 42.5 Å². The Morgan fingerprint density at radius 2 is 1.56 bits per heavy atom. The number of aryl methyl sites for hydroxylation is 2. The second-order valence-electron chi connectivity index (χ2n) is 7.69. The first kappa shape index (κ1) is 25.2. The smallest absolute Gasteiger partial charge is 0.242 e. The van der Waals surface area contributed by atoms with Gasteiger partial charge in [0.2, 0.25) is 11.8 Å². The maximum Gasteiger partial charge on any atom is 0.242 e. The van der Waals surface area contributed by atoms with Gasteiger partial charge in [0, 0.05) is 20.0 Å². The number of hydrogen-bond donors (Lipinski definition) is 1. The fourth-order valence-corrected chi connectivity index (χ4v) is 3.62. The minimum atomic E-state index is -0.506. The van der Waals surface area contributed by atoms with Crippen LogP contribution >= 0.6 is 0 Å². The highest BCUT2D eigenvalue weighted by atomic mass is 16.5. The molecule has 2 aromatic rings. The van der Waals surface area contributed by atoms with E-state index in [1.807, 2.05) is 70.2 Å². The van der Waals surface area contributed by atoms with E-state index in [0.29, 0.717) is 50.5 Å². The number of amides is 2. The third-order valence-electron chi connectivity index (χ3n) is 5.34. The summed E-state index contributed by atoms with van der Waals surface area (Å²) >= 11 is 0. The van der Waals surface area contributed by atoms with Crippen molar-refractivity contribution in [1.29, 1.82) is 0 Å². The maximum absolute atomic E-state index is 13.3. The van der Waals surface area contributed by atoms with E-state index >= 15 is 0 Å². The Labute approximate surface area is 191 Å². The first-order valence-electron chi connectivity index (χ1n) is 11.4. The zero-order chi connectivity index (χ0) is 23.5. The number of nitrogens with zero attached hydrogens (tertiary/aromatic N) is 1. The van der Waals surface area contributed by atoms with Crippen LogP contribution in [0.1, 0.15) is 50.3 Å². The van der Waals surface area contributed by atoms with Crippen molar-refractivity contribution in [1.82, 2.24) is 10.2 Å². The Balaban J connectivity index is 2.19. The number of hydrogen-bond acceptors (Lipinski definition) is 4. The molecule has 0 heterocycles. The van der Waals surface area contributed by atoms with Crippen molar-refractivity contribution in [2.24, 2.45) is 0 Å². The number of likely N-dealkylation sites (N-methyl/N-ethyl adjacent to an activating group) is 1. The van der Waals surface area contributed by atoms with Crippen LogP contribution in [0.2, 0.25) is 0 Å². The second-order valence-corrected chi connectivity index (χ2v) is 7.69.